The van der Waals surface area contributed by atoms with E-state index in [4.69, 9.17) is 21.4 Å². The average Bonchev–Trinajstić information content (AvgIpc) is 2.45. The summed E-state index contributed by atoms with van der Waals surface area (Å²) in [7, 11) is 0. The van der Waals surface area contributed by atoms with Crippen molar-refractivity contribution in [3.05, 3.63) is 57.0 Å². The van der Waals surface area contributed by atoms with Gasteiger partial charge < -0.3 is 9.84 Å². The molecular formula is C16H13BrClNO3. The summed E-state index contributed by atoms with van der Waals surface area (Å²) in [4.78, 5) is 14.9. The van der Waals surface area contributed by atoms with Crippen molar-refractivity contribution in [2.24, 2.45) is 4.99 Å². The standard InChI is InChI=1S/C16H13BrClNO3/c1-10-6-12(17)3-4-14(10)19-8-11-2-5-15(13(18)7-11)22-9-16(20)21/h2-8H,9H2,1H3,(H,20,21). The molecule has 4 nitrogen and oxygen atoms in total. The number of halogens is 2. The number of nitrogens with zero attached hydrogens (tertiary/aromatic N) is 1. The monoisotopic (exact) mass is 381 g/mol. The molecule has 0 aliphatic rings. The SMILES string of the molecule is Cc1cc(Br)ccc1N=Cc1ccc(OCC(=O)O)c(Cl)c1. The molecule has 2 aromatic rings. The lowest BCUT2D eigenvalue weighted by Crippen LogP contribution is -2.09. The Bertz CT molecular complexity index is 731. The first-order chi connectivity index (χ1) is 10.5. The first-order valence-corrected chi connectivity index (χ1v) is 7.57. The average molecular weight is 383 g/mol. The number of rotatable bonds is 5. The van der Waals surface area contributed by atoms with Gasteiger partial charge in [0.15, 0.2) is 6.61 Å². The summed E-state index contributed by atoms with van der Waals surface area (Å²) in [5, 5.41) is 8.93. The number of carboxylic acid groups (broad SMARTS) is 1. The van der Waals surface area contributed by atoms with Crippen LogP contribution >= 0.6 is 27.5 Å². The van der Waals surface area contributed by atoms with Gasteiger partial charge in [0, 0.05) is 10.7 Å². The maximum atomic E-state index is 10.5. The van der Waals surface area contributed by atoms with Gasteiger partial charge in [0.1, 0.15) is 5.75 Å². The van der Waals surface area contributed by atoms with Gasteiger partial charge in [-0.2, -0.15) is 0 Å². The van der Waals surface area contributed by atoms with Crippen LogP contribution < -0.4 is 4.74 Å². The molecule has 6 heteroatoms. The fraction of sp³-hybridized carbons (Fsp3) is 0.125. The van der Waals surface area contributed by atoms with Gasteiger partial charge in [0.05, 0.1) is 10.7 Å². The molecule has 0 aromatic heterocycles. The molecule has 0 atom stereocenters. The summed E-state index contributed by atoms with van der Waals surface area (Å²) < 4.78 is 6.07. The number of carbonyl (C=O) groups is 1. The molecule has 0 bridgehead atoms. The molecule has 0 unspecified atom stereocenters. The number of hydrogen-bond acceptors (Lipinski definition) is 3. The van der Waals surface area contributed by atoms with E-state index < -0.39 is 12.6 Å². The van der Waals surface area contributed by atoms with Crippen LogP contribution in [0.25, 0.3) is 0 Å². The molecule has 0 spiro atoms. The summed E-state index contributed by atoms with van der Waals surface area (Å²) in [5.41, 5.74) is 2.72. The minimum Gasteiger partial charge on any atom is -0.480 e. The quantitative estimate of drug-likeness (QED) is 0.767. The van der Waals surface area contributed by atoms with Crippen LogP contribution in [-0.4, -0.2) is 23.9 Å². The van der Waals surface area contributed by atoms with Crippen LogP contribution in [0.5, 0.6) is 5.75 Å². The predicted molar refractivity (Wildman–Crippen MR) is 90.7 cm³/mol. The van der Waals surface area contributed by atoms with Gasteiger partial charge in [0.25, 0.3) is 0 Å². The minimum atomic E-state index is -1.05. The van der Waals surface area contributed by atoms with Crippen molar-refractivity contribution in [3.8, 4) is 5.75 Å². The van der Waals surface area contributed by atoms with Crippen molar-refractivity contribution in [2.75, 3.05) is 6.61 Å². The van der Waals surface area contributed by atoms with Crippen molar-refractivity contribution in [1.29, 1.82) is 0 Å². The molecule has 0 saturated carbocycles. The first-order valence-electron chi connectivity index (χ1n) is 6.40. The zero-order valence-corrected chi connectivity index (χ0v) is 14.1. The highest BCUT2D eigenvalue weighted by atomic mass is 79.9. The Morgan fingerprint density at radius 2 is 2.14 bits per heavy atom. The second-order valence-electron chi connectivity index (χ2n) is 4.56. The molecule has 2 rings (SSSR count). The summed E-state index contributed by atoms with van der Waals surface area (Å²) in [6.45, 7) is 1.55. The fourth-order valence-corrected chi connectivity index (χ4v) is 2.48. The maximum Gasteiger partial charge on any atom is 0.341 e. The lowest BCUT2D eigenvalue weighted by molar-refractivity contribution is -0.139. The van der Waals surface area contributed by atoms with Gasteiger partial charge in [0.2, 0.25) is 0 Å². The highest BCUT2D eigenvalue weighted by Gasteiger charge is 2.05. The van der Waals surface area contributed by atoms with E-state index in [0.717, 1.165) is 21.3 Å². The fourth-order valence-electron chi connectivity index (χ4n) is 1.76. The molecule has 0 aliphatic heterocycles. The molecule has 0 heterocycles. The van der Waals surface area contributed by atoms with Crippen LogP contribution in [0.3, 0.4) is 0 Å². The lowest BCUT2D eigenvalue weighted by atomic mass is 10.2. The molecule has 0 aliphatic carbocycles. The van der Waals surface area contributed by atoms with E-state index in [0.29, 0.717) is 10.8 Å². The van der Waals surface area contributed by atoms with Gasteiger partial charge in [-0.3, -0.25) is 4.99 Å². The molecule has 0 radical (unpaired) electrons. The van der Waals surface area contributed by atoms with E-state index in [2.05, 4.69) is 20.9 Å². The summed E-state index contributed by atoms with van der Waals surface area (Å²) >= 11 is 9.47. The summed E-state index contributed by atoms with van der Waals surface area (Å²) in [5.74, 6) is -0.714. The Labute approximate surface area is 141 Å². The van der Waals surface area contributed by atoms with E-state index in [1.54, 1.807) is 24.4 Å². The first kappa shape index (κ1) is 16.5. The summed E-state index contributed by atoms with van der Waals surface area (Å²) in [6, 6.07) is 10.9. The molecule has 2 aromatic carbocycles. The van der Waals surface area contributed by atoms with E-state index in [1.807, 2.05) is 25.1 Å². The van der Waals surface area contributed by atoms with Crippen molar-refractivity contribution in [2.45, 2.75) is 6.92 Å². The highest BCUT2D eigenvalue weighted by Crippen LogP contribution is 2.26. The molecule has 0 saturated heterocycles. The van der Waals surface area contributed by atoms with Crippen molar-refractivity contribution in [3.63, 3.8) is 0 Å². The van der Waals surface area contributed by atoms with Crippen LogP contribution in [0.1, 0.15) is 11.1 Å². The largest absolute Gasteiger partial charge is 0.480 e. The normalized spacial score (nSPS) is 10.9. The van der Waals surface area contributed by atoms with Gasteiger partial charge in [-0.1, -0.05) is 27.5 Å². The highest BCUT2D eigenvalue weighted by molar-refractivity contribution is 9.10. The lowest BCUT2D eigenvalue weighted by Gasteiger charge is -2.06. The zero-order valence-electron chi connectivity index (χ0n) is 11.7. The number of aliphatic imine (C=N–C) groups is 1. The minimum absolute atomic E-state index is 0.334. The number of carboxylic acids is 1. The molecular weight excluding hydrogens is 370 g/mol. The van der Waals surface area contributed by atoms with Crippen molar-refractivity contribution in [1.82, 2.24) is 0 Å². The molecule has 0 fully saturated rings. The van der Waals surface area contributed by atoms with Gasteiger partial charge in [-0.25, -0.2) is 4.79 Å². The maximum absolute atomic E-state index is 10.5. The third kappa shape index (κ3) is 4.58. The van der Waals surface area contributed by atoms with E-state index in [-0.39, 0.29) is 0 Å². The number of benzene rings is 2. The Balaban J connectivity index is 2.14. The summed E-state index contributed by atoms with van der Waals surface area (Å²) in [6.07, 6.45) is 1.70. The molecule has 114 valence electrons. The van der Waals surface area contributed by atoms with Crippen LogP contribution in [0.2, 0.25) is 5.02 Å². The van der Waals surface area contributed by atoms with Crippen LogP contribution in [0.15, 0.2) is 45.9 Å². The zero-order chi connectivity index (χ0) is 16.1. The van der Waals surface area contributed by atoms with Crippen LogP contribution in [0, 0.1) is 6.92 Å². The Morgan fingerprint density at radius 3 is 2.77 bits per heavy atom. The third-order valence-electron chi connectivity index (χ3n) is 2.82. The predicted octanol–water partition coefficient (Wildman–Crippen LogP) is 4.62. The molecule has 0 amide bonds. The van der Waals surface area contributed by atoms with E-state index in [9.17, 15) is 4.79 Å². The Hall–Kier alpha value is -1.85. The smallest absolute Gasteiger partial charge is 0.341 e. The van der Waals surface area contributed by atoms with Gasteiger partial charge in [-0.15, -0.1) is 0 Å². The van der Waals surface area contributed by atoms with Gasteiger partial charge >= 0.3 is 5.97 Å². The molecule has 22 heavy (non-hydrogen) atoms. The Morgan fingerprint density at radius 1 is 1.36 bits per heavy atom. The van der Waals surface area contributed by atoms with E-state index >= 15 is 0 Å². The molecule has 1 N–H and O–H groups in total. The number of aryl methyl sites for hydroxylation is 1. The third-order valence-corrected chi connectivity index (χ3v) is 3.61. The number of hydrogen-bond donors (Lipinski definition) is 1. The van der Waals surface area contributed by atoms with Gasteiger partial charge in [-0.05, 0) is 54.4 Å². The number of aliphatic carboxylic acids is 1. The Kier molecular flexibility index (Phi) is 5.57. The second kappa shape index (κ2) is 7.42. The van der Waals surface area contributed by atoms with E-state index in [1.165, 1.54) is 0 Å². The van der Waals surface area contributed by atoms with Crippen molar-refractivity contribution < 1.29 is 14.6 Å². The number of ether oxygens (including phenoxy) is 1. The second-order valence-corrected chi connectivity index (χ2v) is 5.88. The topological polar surface area (TPSA) is 58.9 Å². The van der Waals surface area contributed by atoms with Crippen LogP contribution in [0.4, 0.5) is 5.69 Å². The van der Waals surface area contributed by atoms with Crippen molar-refractivity contribution >= 4 is 45.4 Å². The van der Waals surface area contributed by atoms with Crippen LogP contribution in [-0.2, 0) is 4.79 Å².